The van der Waals surface area contributed by atoms with E-state index >= 15 is 0 Å². The second kappa shape index (κ2) is 9.07. The first kappa shape index (κ1) is 20.2. The van der Waals surface area contributed by atoms with Crippen LogP contribution in [0.3, 0.4) is 0 Å². The van der Waals surface area contributed by atoms with Crippen LogP contribution in [0.25, 0.3) is 0 Å². The van der Waals surface area contributed by atoms with E-state index in [2.05, 4.69) is 70.2 Å². The summed E-state index contributed by atoms with van der Waals surface area (Å²) in [6.45, 7) is 13.5. The normalized spacial score (nSPS) is 22.1. The SMILES string of the molecule is CN=C(NCc1ccc(CN2CCCN(C)CC2)cc1)N1CCC(C)(C)C1. The van der Waals surface area contributed by atoms with Crippen LogP contribution in [0, 0.1) is 5.41 Å². The molecule has 2 heterocycles. The summed E-state index contributed by atoms with van der Waals surface area (Å²) in [4.78, 5) is 11.9. The maximum absolute atomic E-state index is 4.48. The van der Waals surface area contributed by atoms with Gasteiger partial charge in [0.2, 0.25) is 0 Å². The van der Waals surface area contributed by atoms with Gasteiger partial charge in [-0.05, 0) is 49.5 Å². The minimum atomic E-state index is 0.390. The Balaban J connectivity index is 1.49. The van der Waals surface area contributed by atoms with Crippen molar-refractivity contribution < 1.29 is 0 Å². The molecular weight excluding hydrogens is 334 g/mol. The van der Waals surface area contributed by atoms with Crippen molar-refractivity contribution in [3.63, 3.8) is 0 Å². The number of hydrogen-bond donors (Lipinski definition) is 1. The number of nitrogens with zero attached hydrogens (tertiary/aromatic N) is 4. The number of benzene rings is 1. The van der Waals surface area contributed by atoms with Crippen LogP contribution in [-0.2, 0) is 13.1 Å². The van der Waals surface area contributed by atoms with Gasteiger partial charge in [0.25, 0.3) is 0 Å². The summed E-state index contributed by atoms with van der Waals surface area (Å²) < 4.78 is 0. The molecule has 150 valence electrons. The fourth-order valence-corrected chi connectivity index (χ4v) is 4.09. The summed E-state index contributed by atoms with van der Waals surface area (Å²) in [5.41, 5.74) is 3.12. The second-order valence-electron chi connectivity index (χ2n) is 8.99. The van der Waals surface area contributed by atoms with Gasteiger partial charge in [-0.25, -0.2) is 0 Å². The fourth-order valence-electron chi connectivity index (χ4n) is 4.09. The molecule has 0 unspecified atom stereocenters. The van der Waals surface area contributed by atoms with Crippen molar-refractivity contribution >= 4 is 5.96 Å². The van der Waals surface area contributed by atoms with E-state index in [0.29, 0.717) is 5.41 Å². The fraction of sp³-hybridized carbons (Fsp3) is 0.682. The molecule has 0 saturated carbocycles. The minimum absolute atomic E-state index is 0.390. The predicted molar refractivity (Wildman–Crippen MR) is 114 cm³/mol. The quantitative estimate of drug-likeness (QED) is 0.652. The Morgan fingerprint density at radius 3 is 2.44 bits per heavy atom. The Morgan fingerprint density at radius 1 is 1.04 bits per heavy atom. The highest BCUT2D eigenvalue weighted by Gasteiger charge is 2.30. The molecule has 1 N–H and O–H groups in total. The molecule has 0 atom stereocenters. The van der Waals surface area contributed by atoms with E-state index in [0.717, 1.165) is 32.1 Å². The smallest absolute Gasteiger partial charge is 0.193 e. The summed E-state index contributed by atoms with van der Waals surface area (Å²) in [6, 6.07) is 9.08. The zero-order valence-corrected chi connectivity index (χ0v) is 17.7. The second-order valence-corrected chi connectivity index (χ2v) is 8.99. The largest absolute Gasteiger partial charge is 0.352 e. The number of likely N-dealkylation sites (N-methyl/N-ethyl adjacent to an activating group) is 1. The van der Waals surface area contributed by atoms with E-state index in [1.54, 1.807) is 0 Å². The van der Waals surface area contributed by atoms with E-state index in [9.17, 15) is 0 Å². The minimum Gasteiger partial charge on any atom is -0.352 e. The molecule has 27 heavy (non-hydrogen) atoms. The van der Waals surface area contributed by atoms with Gasteiger partial charge in [-0.15, -0.1) is 0 Å². The lowest BCUT2D eigenvalue weighted by atomic mass is 9.93. The summed E-state index contributed by atoms with van der Waals surface area (Å²) in [5.74, 6) is 1.03. The van der Waals surface area contributed by atoms with Gasteiger partial charge in [-0.2, -0.15) is 0 Å². The van der Waals surface area contributed by atoms with Gasteiger partial charge in [-0.3, -0.25) is 9.89 Å². The zero-order valence-electron chi connectivity index (χ0n) is 17.7. The number of hydrogen-bond acceptors (Lipinski definition) is 3. The Kier molecular flexibility index (Phi) is 6.77. The van der Waals surface area contributed by atoms with Gasteiger partial charge in [0.1, 0.15) is 0 Å². The van der Waals surface area contributed by atoms with Crippen molar-refractivity contribution in [3.8, 4) is 0 Å². The van der Waals surface area contributed by atoms with Crippen molar-refractivity contribution in [2.75, 3.05) is 53.4 Å². The maximum atomic E-state index is 4.48. The highest BCUT2D eigenvalue weighted by atomic mass is 15.3. The molecule has 3 rings (SSSR count). The summed E-state index contributed by atoms with van der Waals surface area (Å²) in [7, 11) is 4.11. The van der Waals surface area contributed by atoms with Crippen LogP contribution in [0.4, 0.5) is 0 Å². The van der Waals surface area contributed by atoms with E-state index in [1.165, 1.54) is 50.1 Å². The molecule has 0 radical (unpaired) electrons. The van der Waals surface area contributed by atoms with Crippen LogP contribution in [0.5, 0.6) is 0 Å². The van der Waals surface area contributed by atoms with Crippen LogP contribution in [0.2, 0.25) is 0 Å². The number of aliphatic imine (C=N–C) groups is 1. The van der Waals surface area contributed by atoms with Crippen molar-refractivity contribution in [2.45, 2.75) is 39.8 Å². The molecule has 0 bridgehead atoms. The number of likely N-dealkylation sites (tertiary alicyclic amines) is 1. The summed E-state index contributed by atoms with van der Waals surface area (Å²) >= 11 is 0. The third-order valence-corrected chi connectivity index (χ3v) is 5.88. The molecule has 2 fully saturated rings. The van der Waals surface area contributed by atoms with Crippen LogP contribution < -0.4 is 5.32 Å². The highest BCUT2D eigenvalue weighted by molar-refractivity contribution is 5.80. The van der Waals surface area contributed by atoms with Crippen LogP contribution in [-0.4, -0.2) is 74.0 Å². The van der Waals surface area contributed by atoms with Gasteiger partial charge in [-0.1, -0.05) is 38.1 Å². The molecule has 0 aliphatic carbocycles. The van der Waals surface area contributed by atoms with E-state index in [1.807, 2.05) is 7.05 Å². The van der Waals surface area contributed by atoms with Crippen molar-refractivity contribution in [3.05, 3.63) is 35.4 Å². The molecule has 2 saturated heterocycles. The first-order valence-electron chi connectivity index (χ1n) is 10.4. The van der Waals surface area contributed by atoms with Gasteiger partial charge in [0.05, 0.1) is 0 Å². The van der Waals surface area contributed by atoms with Gasteiger partial charge < -0.3 is 15.1 Å². The Morgan fingerprint density at radius 2 is 1.78 bits per heavy atom. The predicted octanol–water partition coefficient (Wildman–Crippen LogP) is 2.63. The molecule has 5 nitrogen and oxygen atoms in total. The molecule has 2 aliphatic rings. The maximum Gasteiger partial charge on any atom is 0.193 e. The first-order chi connectivity index (χ1) is 12.9. The average molecular weight is 372 g/mol. The number of guanidine groups is 1. The standard InChI is InChI=1S/C22H37N5/c1-22(2)10-13-27(18-22)21(23-3)24-16-19-6-8-20(9-7-19)17-26-12-5-11-25(4)14-15-26/h6-9H,5,10-18H2,1-4H3,(H,23,24). The molecule has 0 spiro atoms. The molecule has 5 heteroatoms. The molecule has 0 aromatic heterocycles. The van der Waals surface area contributed by atoms with Crippen molar-refractivity contribution in [1.82, 2.24) is 20.0 Å². The zero-order chi connectivity index (χ0) is 19.3. The van der Waals surface area contributed by atoms with E-state index in [-0.39, 0.29) is 0 Å². The van der Waals surface area contributed by atoms with Gasteiger partial charge in [0, 0.05) is 46.3 Å². The third-order valence-electron chi connectivity index (χ3n) is 5.88. The highest BCUT2D eigenvalue weighted by Crippen LogP contribution is 2.28. The van der Waals surface area contributed by atoms with Crippen molar-refractivity contribution in [1.29, 1.82) is 0 Å². The number of nitrogens with one attached hydrogen (secondary N) is 1. The lowest BCUT2D eigenvalue weighted by Gasteiger charge is -2.24. The summed E-state index contributed by atoms with van der Waals surface area (Å²) in [5, 5.41) is 3.54. The van der Waals surface area contributed by atoms with Crippen molar-refractivity contribution in [2.24, 2.45) is 10.4 Å². The van der Waals surface area contributed by atoms with E-state index in [4.69, 9.17) is 0 Å². The molecule has 1 aromatic rings. The van der Waals surface area contributed by atoms with Gasteiger partial charge in [0.15, 0.2) is 5.96 Å². The van der Waals surface area contributed by atoms with Crippen LogP contribution >= 0.6 is 0 Å². The molecule has 0 amide bonds. The third kappa shape index (κ3) is 5.94. The lowest BCUT2D eigenvalue weighted by Crippen LogP contribution is -2.40. The molecule has 1 aromatic carbocycles. The Labute approximate surface area is 165 Å². The van der Waals surface area contributed by atoms with Crippen LogP contribution in [0.15, 0.2) is 29.3 Å². The van der Waals surface area contributed by atoms with Gasteiger partial charge >= 0.3 is 0 Å². The monoisotopic (exact) mass is 371 g/mol. The summed E-state index contributed by atoms with van der Waals surface area (Å²) in [6.07, 6.45) is 2.50. The average Bonchev–Trinajstić information content (AvgIpc) is 2.88. The Bertz CT molecular complexity index is 622. The lowest BCUT2D eigenvalue weighted by molar-refractivity contribution is 0.269. The molecule has 2 aliphatic heterocycles. The molecular formula is C22H37N5. The van der Waals surface area contributed by atoms with Crippen LogP contribution in [0.1, 0.15) is 37.8 Å². The van der Waals surface area contributed by atoms with E-state index < -0.39 is 0 Å². The first-order valence-corrected chi connectivity index (χ1v) is 10.4. The topological polar surface area (TPSA) is 34.1 Å². The Hall–Kier alpha value is -1.59. The number of rotatable bonds is 4.